The highest BCUT2D eigenvalue weighted by molar-refractivity contribution is 5.80. The van der Waals surface area contributed by atoms with Crippen LogP contribution in [0.4, 0.5) is 14.6 Å². The molecule has 3 aromatic heterocycles. The SMILES string of the molecule is CNc1ncccc1CN1CCC(c2cc(C(F)F)c3c(C)noc3n2)CC1. The molecule has 4 rings (SSSR count). The molecule has 0 aromatic carbocycles. The van der Waals surface area contributed by atoms with Crippen molar-refractivity contribution in [3.8, 4) is 0 Å². The summed E-state index contributed by atoms with van der Waals surface area (Å²) in [5, 5.41) is 7.27. The summed E-state index contributed by atoms with van der Waals surface area (Å²) in [7, 11) is 1.87. The number of nitrogens with one attached hydrogen (secondary N) is 1. The lowest BCUT2D eigenvalue weighted by Gasteiger charge is -2.32. The maximum atomic E-state index is 13.6. The van der Waals surface area contributed by atoms with E-state index < -0.39 is 6.43 Å². The molecule has 1 fully saturated rings. The molecule has 28 heavy (non-hydrogen) atoms. The summed E-state index contributed by atoms with van der Waals surface area (Å²) in [5.41, 5.74) is 2.46. The summed E-state index contributed by atoms with van der Waals surface area (Å²) in [6, 6.07) is 5.55. The van der Waals surface area contributed by atoms with E-state index >= 15 is 0 Å². The van der Waals surface area contributed by atoms with E-state index in [2.05, 4.69) is 31.4 Å². The number of piperidine rings is 1. The topological polar surface area (TPSA) is 67.1 Å². The van der Waals surface area contributed by atoms with E-state index in [9.17, 15) is 8.78 Å². The average Bonchev–Trinajstić information content (AvgIpc) is 3.09. The zero-order valence-electron chi connectivity index (χ0n) is 16.0. The van der Waals surface area contributed by atoms with Crippen molar-refractivity contribution in [1.82, 2.24) is 20.0 Å². The number of fused-ring (bicyclic) bond motifs is 1. The molecule has 1 aliphatic rings. The third-order valence-electron chi connectivity index (χ3n) is 5.43. The van der Waals surface area contributed by atoms with Crippen molar-refractivity contribution in [2.75, 3.05) is 25.5 Å². The molecule has 0 amide bonds. The number of aryl methyl sites for hydroxylation is 1. The molecule has 0 aliphatic carbocycles. The number of anilines is 1. The third kappa shape index (κ3) is 3.56. The van der Waals surface area contributed by atoms with E-state index in [4.69, 9.17) is 4.52 Å². The van der Waals surface area contributed by atoms with Crippen molar-refractivity contribution in [2.45, 2.75) is 38.7 Å². The van der Waals surface area contributed by atoms with Crippen LogP contribution >= 0.6 is 0 Å². The molecule has 4 heterocycles. The van der Waals surface area contributed by atoms with Gasteiger partial charge < -0.3 is 9.84 Å². The Bertz CT molecular complexity index is 966. The van der Waals surface area contributed by atoms with Crippen LogP contribution in [-0.2, 0) is 6.54 Å². The molecule has 8 heteroatoms. The van der Waals surface area contributed by atoms with Crippen LogP contribution in [0.1, 0.15) is 47.7 Å². The smallest absolute Gasteiger partial charge is 0.264 e. The predicted molar refractivity (Wildman–Crippen MR) is 103 cm³/mol. The molecular formula is C20H23F2N5O. The summed E-state index contributed by atoms with van der Waals surface area (Å²) < 4.78 is 32.3. The van der Waals surface area contributed by atoms with Gasteiger partial charge in [-0.05, 0) is 45.0 Å². The van der Waals surface area contributed by atoms with E-state index in [0.29, 0.717) is 16.8 Å². The minimum atomic E-state index is -2.58. The first-order valence-corrected chi connectivity index (χ1v) is 9.45. The van der Waals surface area contributed by atoms with Crippen molar-refractivity contribution < 1.29 is 13.3 Å². The van der Waals surface area contributed by atoms with Crippen LogP contribution in [0.25, 0.3) is 11.1 Å². The zero-order chi connectivity index (χ0) is 19.7. The van der Waals surface area contributed by atoms with E-state index in [1.54, 1.807) is 13.1 Å². The number of alkyl halides is 2. The zero-order valence-corrected chi connectivity index (χ0v) is 16.0. The third-order valence-corrected chi connectivity index (χ3v) is 5.43. The maximum absolute atomic E-state index is 13.6. The highest BCUT2D eigenvalue weighted by Gasteiger charge is 2.26. The van der Waals surface area contributed by atoms with Gasteiger partial charge in [0, 0.05) is 42.5 Å². The van der Waals surface area contributed by atoms with Crippen molar-refractivity contribution in [2.24, 2.45) is 0 Å². The Morgan fingerprint density at radius 2 is 2.11 bits per heavy atom. The van der Waals surface area contributed by atoms with Gasteiger partial charge >= 0.3 is 0 Å². The first-order valence-electron chi connectivity index (χ1n) is 9.45. The van der Waals surface area contributed by atoms with Gasteiger partial charge in [0.05, 0.1) is 11.1 Å². The van der Waals surface area contributed by atoms with Gasteiger partial charge in [0.2, 0.25) is 0 Å². The fraction of sp³-hybridized carbons (Fsp3) is 0.450. The minimum absolute atomic E-state index is 0.0322. The Hall–Kier alpha value is -2.61. The van der Waals surface area contributed by atoms with Crippen LogP contribution in [0.2, 0.25) is 0 Å². The number of hydrogen-bond acceptors (Lipinski definition) is 6. The number of likely N-dealkylation sites (tertiary alicyclic amines) is 1. The van der Waals surface area contributed by atoms with Gasteiger partial charge in [-0.25, -0.2) is 18.7 Å². The summed E-state index contributed by atoms with van der Waals surface area (Å²) in [5.74, 6) is 1.03. The molecule has 0 atom stereocenters. The van der Waals surface area contributed by atoms with Gasteiger partial charge in [-0.3, -0.25) is 4.90 Å². The van der Waals surface area contributed by atoms with E-state index in [0.717, 1.165) is 43.9 Å². The van der Waals surface area contributed by atoms with Crippen LogP contribution < -0.4 is 5.32 Å². The number of hydrogen-bond donors (Lipinski definition) is 1. The van der Waals surface area contributed by atoms with Crippen LogP contribution in [0, 0.1) is 6.92 Å². The van der Waals surface area contributed by atoms with Crippen LogP contribution in [0.15, 0.2) is 28.9 Å². The van der Waals surface area contributed by atoms with Gasteiger partial charge in [0.1, 0.15) is 5.82 Å². The lowest BCUT2D eigenvalue weighted by Crippen LogP contribution is -2.33. The van der Waals surface area contributed by atoms with E-state index in [-0.39, 0.29) is 17.2 Å². The molecule has 0 radical (unpaired) electrons. The summed E-state index contributed by atoms with van der Waals surface area (Å²) in [4.78, 5) is 11.2. The molecule has 3 aromatic rings. The Kier molecular flexibility index (Phi) is 5.21. The first kappa shape index (κ1) is 18.7. The fourth-order valence-corrected chi connectivity index (χ4v) is 3.95. The van der Waals surface area contributed by atoms with E-state index in [1.165, 1.54) is 6.07 Å². The van der Waals surface area contributed by atoms with Gasteiger partial charge in [0.15, 0.2) is 0 Å². The summed E-state index contributed by atoms with van der Waals surface area (Å²) in [6.07, 6.45) is 0.926. The first-order chi connectivity index (χ1) is 13.6. The lowest BCUT2D eigenvalue weighted by atomic mass is 9.91. The number of aromatic nitrogens is 3. The van der Waals surface area contributed by atoms with Crippen molar-refractivity contribution in [1.29, 1.82) is 0 Å². The molecule has 148 valence electrons. The van der Waals surface area contributed by atoms with Gasteiger partial charge in [-0.2, -0.15) is 0 Å². The normalized spacial score (nSPS) is 16.2. The number of nitrogens with zero attached hydrogens (tertiary/aromatic N) is 4. The van der Waals surface area contributed by atoms with Gasteiger partial charge in [0.25, 0.3) is 12.1 Å². The van der Waals surface area contributed by atoms with Crippen LogP contribution in [0.3, 0.4) is 0 Å². The largest absolute Gasteiger partial charge is 0.373 e. The summed E-state index contributed by atoms with van der Waals surface area (Å²) >= 11 is 0. The Morgan fingerprint density at radius 1 is 1.32 bits per heavy atom. The molecule has 1 aliphatic heterocycles. The second-order valence-corrected chi connectivity index (χ2v) is 7.20. The van der Waals surface area contributed by atoms with Crippen molar-refractivity contribution in [3.05, 3.63) is 46.9 Å². The Balaban J connectivity index is 1.49. The van der Waals surface area contributed by atoms with E-state index in [1.807, 2.05) is 13.1 Å². The molecule has 1 N–H and O–H groups in total. The molecule has 0 spiro atoms. The lowest BCUT2D eigenvalue weighted by molar-refractivity contribution is 0.152. The number of rotatable bonds is 5. The van der Waals surface area contributed by atoms with Crippen LogP contribution in [0.5, 0.6) is 0 Å². The predicted octanol–water partition coefficient (Wildman–Crippen LogP) is 4.29. The molecular weight excluding hydrogens is 364 g/mol. The molecule has 0 bridgehead atoms. The monoisotopic (exact) mass is 387 g/mol. The Morgan fingerprint density at radius 3 is 2.82 bits per heavy atom. The van der Waals surface area contributed by atoms with Gasteiger partial charge in [-0.1, -0.05) is 11.2 Å². The second kappa shape index (κ2) is 7.79. The Labute approximate surface area is 161 Å². The quantitative estimate of drug-likeness (QED) is 0.705. The number of pyridine rings is 2. The van der Waals surface area contributed by atoms with Gasteiger partial charge in [-0.15, -0.1) is 0 Å². The van der Waals surface area contributed by atoms with Crippen molar-refractivity contribution in [3.63, 3.8) is 0 Å². The maximum Gasteiger partial charge on any atom is 0.264 e. The average molecular weight is 387 g/mol. The highest BCUT2D eigenvalue weighted by Crippen LogP contribution is 2.35. The summed E-state index contributed by atoms with van der Waals surface area (Å²) in [6.45, 7) is 4.23. The molecule has 1 saturated heterocycles. The minimum Gasteiger partial charge on any atom is -0.373 e. The fourth-order valence-electron chi connectivity index (χ4n) is 3.95. The molecule has 0 unspecified atom stereocenters. The second-order valence-electron chi connectivity index (χ2n) is 7.20. The highest BCUT2D eigenvalue weighted by atomic mass is 19.3. The van der Waals surface area contributed by atoms with Crippen molar-refractivity contribution >= 4 is 16.9 Å². The molecule has 0 saturated carbocycles. The molecule has 6 nitrogen and oxygen atoms in total. The van der Waals surface area contributed by atoms with Crippen LogP contribution in [-0.4, -0.2) is 40.2 Å². The number of halogens is 2. The standard InChI is InChI=1S/C20H23F2N5O/c1-12-17-15(18(21)22)10-16(25-20(17)28-26-12)13-5-8-27(9-6-13)11-14-4-3-7-24-19(14)23-2/h3-4,7,10,13,18H,5-6,8-9,11H2,1-2H3,(H,23,24).